The van der Waals surface area contributed by atoms with Crippen molar-refractivity contribution in [2.45, 2.75) is 44.7 Å². The van der Waals surface area contributed by atoms with Crippen LogP contribution in [0.4, 0.5) is 11.4 Å². The second kappa shape index (κ2) is 7.64. The Labute approximate surface area is 149 Å². The molecule has 25 heavy (non-hydrogen) atoms. The van der Waals surface area contributed by atoms with Crippen LogP contribution < -0.4 is 10.6 Å². The number of nitrogen functional groups attached to an aromatic ring is 1. The highest BCUT2D eigenvalue weighted by Gasteiger charge is 2.28. The van der Waals surface area contributed by atoms with Gasteiger partial charge in [0.1, 0.15) is 0 Å². The molecular weight excluding hydrogens is 314 g/mol. The molecule has 2 N–H and O–H groups in total. The molecule has 0 radical (unpaired) electrons. The van der Waals surface area contributed by atoms with Gasteiger partial charge in [0.2, 0.25) is 0 Å². The van der Waals surface area contributed by atoms with Crippen molar-refractivity contribution < 1.29 is 9.21 Å². The molecule has 0 spiro atoms. The molecule has 1 aliphatic rings. The fourth-order valence-electron chi connectivity index (χ4n) is 3.65. The van der Waals surface area contributed by atoms with Crippen LogP contribution in [0.5, 0.6) is 0 Å². The van der Waals surface area contributed by atoms with Gasteiger partial charge in [0.05, 0.1) is 6.26 Å². The number of nitrogens with zero attached hydrogens (tertiary/aromatic N) is 2. The molecule has 0 bridgehead atoms. The zero-order valence-corrected chi connectivity index (χ0v) is 15.1. The molecule has 1 aliphatic carbocycles. The lowest BCUT2D eigenvalue weighted by atomic mass is 9.93. The molecule has 1 aromatic carbocycles. The van der Waals surface area contributed by atoms with Crippen molar-refractivity contribution in [2.24, 2.45) is 0 Å². The van der Waals surface area contributed by atoms with E-state index in [1.54, 1.807) is 18.4 Å². The van der Waals surface area contributed by atoms with Crippen LogP contribution in [-0.4, -0.2) is 30.9 Å². The third-order valence-electron chi connectivity index (χ3n) is 4.93. The maximum absolute atomic E-state index is 13.1. The Hall–Kier alpha value is -2.43. The Bertz CT molecular complexity index is 704. The molecule has 1 fully saturated rings. The van der Waals surface area contributed by atoms with Gasteiger partial charge in [-0.05, 0) is 48.7 Å². The summed E-state index contributed by atoms with van der Waals surface area (Å²) in [5, 5.41) is 0. The number of nitrogens with two attached hydrogens (primary N) is 1. The standard InChI is InChI=1S/C20H27N3O2/c1-22(2)18-11-10-16(21)13-15(18)14-23(17-7-4-3-5-8-17)20(24)19-9-6-12-25-19/h6,9-13,17H,3-5,7-8,14,21H2,1-2H3. The van der Waals surface area contributed by atoms with Gasteiger partial charge < -0.3 is 20.0 Å². The van der Waals surface area contributed by atoms with Crippen molar-refractivity contribution in [3.05, 3.63) is 47.9 Å². The van der Waals surface area contributed by atoms with Crippen LogP contribution in [0.2, 0.25) is 0 Å². The number of benzene rings is 1. The van der Waals surface area contributed by atoms with E-state index in [9.17, 15) is 4.79 Å². The van der Waals surface area contributed by atoms with Gasteiger partial charge in [-0.2, -0.15) is 0 Å². The summed E-state index contributed by atoms with van der Waals surface area (Å²) in [4.78, 5) is 17.1. The molecule has 0 saturated heterocycles. The monoisotopic (exact) mass is 341 g/mol. The largest absolute Gasteiger partial charge is 0.459 e. The Morgan fingerprint density at radius 3 is 2.60 bits per heavy atom. The average Bonchev–Trinajstić information content (AvgIpc) is 3.14. The fraction of sp³-hybridized carbons (Fsp3) is 0.450. The van der Waals surface area contributed by atoms with Gasteiger partial charge in [-0.1, -0.05) is 19.3 Å². The molecule has 5 heteroatoms. The molecule has 1 amide bonds. The third kappa shape index (κ3) is 3.98. The van der Waals surface area contributed by atoms with E-state index >= 15 is 0 Å². The lowest BCUT2D eigenvalue weighted by Crippen LogP contribution is -2.41. The summed E-state index contributed by atoms with van der Waals surface area (Å²) in [6.07, 6.45) is 7.24. The predicted octanol–water partition coefficient (Wildman–Crippen LogP) is 3.90. The maximum Gasteiger partial charge on any atom is 0.290 e. The van der Waals surface area contributed by atoms with E-state index in [1.165, 1.54) is 19.3 Å². The first-order chi connectivity index (χ1) is 12.1. The van der Waals surface area contributed by atoms with Crippen molar-refractivity contribution in [2.75, 3.05) is 24.7 Å². The van der Waals surface area contributed by atoms with E-state index in [0.717, 1.165) is 29.8 Å². The summed E-state index contributed by atoms with van der Waals surface area (Å²) in [7, 11) is 4.02. The van der Waals surface area contributed by atoms with Gasteiger partial charge in [0.25, 0.3) is 5.91 Å². The van der Waals surface area contributed by atoms with Gasteiger partial charge in [0.15, 0.2) is 5.76 Å². The van der Waals surface area contributed by atoms with Crippen LogP contribution in [0.25, 0.3) is 0 Å². The van der Waals surface area contributed by atoms with Crippen LogP contribution >= 0.6 is 0 Å². The number of hydrogen-bond acceptors (Lipinski definition) is 4. The number of furan rings is 1. The first-order valence-electron chi connectivity index (χ1n) is 8.96. The van der Waals surface area contributed by atoms with Crippen molar-refractivity contribution in [3.63, 3.8) is 0 Å². The van der Waals surface area contributed by atoms with E-state index in [1.807, 2.05) is 37.2 Å². The minimum atomic E-state index is -0.0379. The molecule has 0 unspecified atom stereocenters. The molecule has 0 aliphatic heterocycles. The highest BCUT2D eigenvalue weighted by Crippen LogP contribution is 2.29. The van der Waals surface area contributed by atoms with Gasteiger partial charge in [-0.25, -0.2) is 0 Å². The summed E-state index contributed by atoms with van der Waals surface area (Å²) in [6, 6.07) is 9.64. The summed E-state index contributed by atoms with van der Waals surface area (Å²) < 4.78 is 5.38. The van der Waals surface area contributed by atoms with Gasteiger partial charge in [0, 0.05) is 38.1 Å². The molecule has 1 saturated carbocycles. The van der Waals surface area contributed by atoms with E-state index in [-0.39, 0.29) is 11.9 Å². The number of carbonyl (C=O) groups excluding carboxylic acids is 1. The van der Waals surface area contributed by atoms with Crippen molar-refractivity contribution in [1.29, 1.82) is 0 Å². The Kier molecular flexibility index (Phi) is 5.31. The van der Waals surface area contributed by atoms with Crippen LogP contribution in [0.15, 0.2) is 41.0 Å². The SMILES string of the molecule is CN(C)c1ccc(N)cc1CN(C(=O)c1ccco1)C1CCCCC1. The number of carbonyl (C=O) groups is 1. The van der Waals surface area contributed by atoms with Crippen LogP contribution in [0.3, 0.4) is 0 Å². The molecule has 1 aromatic heterocycles. The Morgan fingerprint density at radius 1 is 1.20 bits per heavy atom. The Balaban J connectivity index is 1.92. The molecular formula is C20H27N3O2. The Morgan fingerprint density at radius 2 is 1.96 bits per heavy atom. The smallest absolute Gasteiger partial charge is 0.290 e. The van der Waals surface area contributed by atoms with E-state index in [2.05, 4.69) is 4.90 Å². The van der Waals surface area contributed by atoms with E-state index in [4.69, 9.17) is 10.2 Å². The van der Waals surface area contributed by atoms with E-state index in [0.29, 0.717) is 12.3 Å². The summed E-state index contributed by atoms with van der Waals surface area (Å²) in [5.41, 5.74) is 8.88. The molecule has 5 nitrogen and oxygen atoms in total. The van der Waals surface area contributed by atoms with Gasteiger partial charge in [-0.15, -0.1) is 0 Å². The summed E-state index contributed by atoms with van der Waals surface area (Å²) >= 11 is 0. The lowest BCUT2D eigenvalue weighted by Gasteiger charge is -2.35. The quantitative estimate of drug-likeness (QED) is 0.838. The number of amides is 1. The normalized spacial score (nSPS) is 15.1. The lowest BCUT2D eigenvalue weighted by molar-refractivity contribution is 0.0582. The number of hydrogen-bond donors (Lipinski definition) is 1. The first-order valence-corrected chi connectivity index (χ1v) is 8.96. The maximum atomic E-state index is 13.1. The summed E-state index contributed by atoms with van der Waals surface area (Å²) in [5.74, 6) is 0.366. The first kappa shape index (κ1) is 17.4. The van der Waals surface area contributed by atoms with E-state index < -0.39 is 0 Å². The van der Waals surface area contributed by atoms with Crippen LogP contribution in [0.1, 0.15) is 48.2 Å². The number of anilines is 2. The molecule has 3 rings (SSSR count). The van der Waals surface area contributed by atoms with Gasteiger partial charge in [-0.3, -0.25) is 4.79 Å². The van der Waals surface area contributed by atoms with Crippen molar-refractivity contribution in [3.8, 4) is 0 Å². The minimum Gasteiger partial charge on any atom is -0.459 e. The zero-order valence-electron chi connectivity index (χ0n) is 15.1. The summed E-state index contributed by atoms with van der Waals surface area (Å²) in [6.45, 7) is 0.544. The van der Waals surface area contributed by atoms with Crippen molar-refractivity contribution >= 4 is 17.3 Å². The molecule has 1 heterocycles. The average molecular weight is 341 g/mol. The number of rotatable bonds is 5. The zero-order chi connectivity index (χ0) is 17.8. The fourth-order valence-corrected chi connectivity index (χ4v) is 3.65. The highest BCUT2D eigenvalue weighted by atomic mass is 16.3. The highest BCUT2D eigenvalue weighted by molar-refractivity contribution is 5.91. The van der Waals surface area contributed by atoms with Crippen molar-refractivity contribution in [1.82, 2.24) is 4.90 Å². The van der Waals surface area contributed by atoms with Gasteiger partial charge >= 0.3 is 0 Å². The predicted molar refractivity (Wildman–Crippen MR) is 101 cm³/mol. The molecule has 2 aromatic rings. The van der Waals surface area contributed by atoms with Crippen LogP contribution in [-0.2, 0) is 6.54 Å². The third-order valence-corrected chi connectivity index (χ3v) is 4.93. The second-order valence-electron chi connectivity index (χ2n) is 6.98. The minimum absolute atomic E-state index is 0.0379. The molecule has 0 atom stereocenters. The topological polar surface area (TPSA) is 62.7 Å². The van der Waals surface area contributed by atoms with Crippen LogP contribution in [0, 0.1) is 0 Å². The molecule has 134 valence electrons. The second-order valence-corrected chi connectivity index (χ2v) is 6.98.